The number of likely N-dealkylation sites (tertiary alicyclic amines) is 1. The second-order valence-corrected chi connectivity index (χ2v) is 12.8. The van der Waals surface area contributed by atoms with E-state index in [2.05, 4.69) is 46.0 Å². The standard InChI is InChI=1S/C28H31F5N4O3S2/c1-17(2)37-13-10-18(11-14-37)36-23-6-3-5-20-21(16-28(31,32)33)25(41-26(20)23)7-4-12-35-22-9-8-19(42(34,38)39)15-24(22)40-27(29)30/h3,5-6,8-9,15,17-18,27,35-36H,10-14,16H2,1-2H3,(H2,34,38,39). The fourth-order valence-electron chi connectivity index (χ4n) is 4.82. The van der Waals surface area contributed by atoms with Crippen LogP contribution in [0.3, 0.4) is 0 Å². The first-order chi connectivity index (χ1) is 19.7. The lowest BCUT2D eigenvalue weighted by atomic mass is 10.0. The predicted octanol–water partition coefficient (Wildman–Crippen LogP) is 6.00. The molecule has 1 aliphatic rings. The molecule has 0 spiro atoms. The van der Waals surface area contributed by atoms with Crippen LogP contribution in [0.2, 0.25) is 0 Å². The van der Waals surface area contributed by atoms with E-state index in [-0.39, 0.29) is 28.7 Å². The number of halogens is 5. The summed E-state index contributed by atoms with van der Waals surface area (Å²) in [4.78, 5) is 2.22. The number of alkyl halides is 5. The van der Waals surface area contributed by atoms with Gasteiger partial charge in [0.1, 0.15) is 0 Å². The van der Waals surface area contributed by atoms with Crippen LogP contribution in [-0.4, -0.2) is 57.8 Å². The Bertz CT molecular complexity index is 1570. The maximum atomic E-state index is 13.6. The highest BCUT2D eigenvalue weighted by atomic mass is 32.2. The van der Waals surface area contributed by atoms with E-state index in [0.29, 0.717) is 16.1 Å². The zero-order chi connectivity index (χ0) is 30.7. The predicted molar refractivity (Wildman–Crippen MR) is 155 cm³/mol. The van der Waals surface area contributed by atoms with Gasteiger partial charge in [-0.1, -0.05) is 24.0 Å². The molecule has 7 nitrogen and oxygen atoms in total. The fraction of sp³-hybridized carbons (Fsp3) is 0.429. The van der Waals surface area contributed by atoms with E-state index in [1.165, 1.54) is 17.4 Å². The summed E-state index contributed by atoms with van der Waals surface area (Å²) in [7, 11) is -4.17. The molecule has 42 heavy (non-hydrogen) atoms. The highest BCUT2D eigenvalue weighted by Gasteiger charge is 2.31. The van der Waals surface area contributed by atoms with Gasteiger partial charge >= 0.3 is 12.8 Å². The van der Waals surface area contributed by atoms with Gasteiger partial charge in [-0.25, -0.2) is 13.6 Å². The van der Waals surface area contributed by atoms with E-state index in [1.54, 1.807) is 12.1 Å². The molecule has 4 rings (SSSR count). The summed E-state index contributed by atoms with van der Waals surface area (Å²) in [5.74, 6) is 5.09. The highest BCUT2D eigenvalue weighted by Crippen LogP contribution is 2.39. The minimum Gasteiger partial charge on any atom is -0.433 e. The third-order valence-electron chi connectivity index (χ3n) is 6.88. The first kappa shape index (κ1) is 31.8. The molecule has 0 amide bonds. The van der Waals surface area contributed by atoms with Crippen LogP contribution in [0, 0.1) is 11.8 Å². The van der Waals surface area contributed by atoms with Crippen molar-refractivity contribution >= 4 is 42.8 Å². The summed E-state index contributed by atoms with van der Waals surface area (Å²) in [5, 5.41) is 11.8. The molecule has 0 saturated carbocycles. The molecule has 1 fully saturated rings. The smallest absolute Gasteiger partial charge is 0.393 e. The van der Waals surface area contributed by atoms with Crippen LogP contribution in [-0.2, 0) is 16.4 Å². The van der Waals surface area contributed by atoms with Crippen LogP contribution in [0.1, 0.15) is 37.1 Å². The van der Waals surface area contributed by atoms with Crippen molar-refractivity contribution < 1.29 is 35.1 Å². The number of sulfonamides is 1. The molecule has 0 unspecified atom stereocenters. The maximum Gasteiger partial charge on any atom is 0.393 e. The Hall–Kier alpha value is -3.12. The number of rotatable bonds is 9. The lowest BCUT2D eigenvalue weighted by Crippen LogP contribution is -2.42. The number of nitrogens with two attached hydrogens (primary N) is 1. The Kier molecular flexibility index (Phi) is 9.87. The van der Waals surface area contributed by atoms with Crippen LogP contribution in [0.5, 0.6) is 5.75 Å². The van der Waals surface area contributed by atoms with Gasteiger partial charge < -0.3 is 20.3 Å². The van der Waals surface area contributed by atoms with E-state index >= 15 is 0 Å². The van der Waals surface area contributed by atoms with E-state index in [9.17, 15) is 30.4 Å². The molecular formula is C28H31F5N4O3S2. The molecule has 3 aromatic rings. The molecule has 228 valence electrons. The summed E-state index contributed by atoms with van der Waals surface area (Å²) < 4.78 is 94.8. The Morgan fingerprint density at radius 1 is 1.14 bits per heavy atom. The average molecular weight is 631 g/mol. The molecule has 1 aliphatic heterocycles. The third-order valence-corrected chi connectivity index (χ3v) is 8.99. The van der Waals surface area contributed by atoms with Crippen molar-refractivity contribution in [2.75, 3.05) is 30.3 Å². The molecule has 0 radical (unpaired) electrons. The van der Waals surface area contributed by atoms with Gasteiger partial charge in [-0.15, -0.1) is 11.3 Å². The number of hydrogen-bond acceptors (Lipinski definition) is 7. The first-order valence-corrected chi connectivity index (χ1v) is 15.5. The van der Waals surface area contributed by atoms with E-state index in [0.717, 1.165) is 43.8 Å². The molecule has 4 N–H and O–H groups in total. The van der Waals surface area contributed by atoms with Crippen LogP contribution >= 0.6 is 11.3 Å². The number of thiophene rings is 1. The van der Waals surface area contributed by atoms with Gasteiger partial charge in [-0.3, -0.25) is 0 Å². The summed E-state index contributed by atoms with van der Waals surface area (Å²) in [6.45, 7) is 2.80. The Morgan fingerprint density at radius 3 is 2.48 bits per heavy atom. The van der Waals surface area contributed by atoms with Crippen molar-refractivity contribution in [3.63, 3.8) is 0 Å². The molecule has 0 atom stereocenters. The molecule has 0 aliphatic carbocycles. The number of hydrogen-bond donors (Lipinski definition) is 3. The minimum atomic E-state index is -4.46. The van der Waals surface area contributed by atoms with Crippen molar-refractivity contribution in [2.45, 2.75) is 62.9 Å². The maximum absolute atomic E-state index is 13.6. The van der Waals surface area contributed by atoms with Gasteiger partial charge in [0.15, 0.2) is 5.75 Å². The molecule has 1 saturated heterocycles. The summed E-state index contributed by atoms with van der Waals surface area (Å²) in [6, 6.07) is 9.06. The summed E-state index contributed by atoms with van der Waals surface area (Å²) in [5.41, 5.74) is 0.852. The summed E-state index contributed by atoms with van der Waals surface area (Å²) in [6.07, 6.45) is -3.77. The molecule has 1 aromatic heterocycles. The van der Waals surface area contributed by atoms with Gasteiger partial charge in [-0.2, -0.15) is 22.0 Å². The second-order valence-electron chi connectivity index (χ2n) is 10.2. The Labute approximate surface area is 245 Å². The SMILES string of the molecule is CC(C)N1CCC(Nc2cccc3c(CC(F)(F)F)c(C#CCNc4ccc(S(N)(=O)=O)cc4OC(F)F)sc23)CC1. The zero-order valence-corrected chi connectivity index (χ0v) is 24.5. The third kappa shape index (κ3) is 8.25. The lowest BCUT2D eigenvalue weighted by Gasteiger charge is -2.35. The van der Waals surface area contributed by atoms with Crippen LogP contribution < -0.4 is 20.5 Å². The van der Waals surface area contributed by atoms with E-state index in [1.807, 2.05) is 6.07 Å². The number of fused-ring (bicyclic) bond motifs is 1. The molecular weight excluding hydrogens is 599 g/mol. The first-order valence-electron chi connectivity index (χ1n) is 13.2. The van der Waals surface area contributed by atoms with Gasteiger partial charge in [0.05, 0.1) is 38.8 Å². The van der Waals surface area contributed by atoms with Crippen molar-refractivity contribution in [3.05, 3.63) is 46.8 Å². The number of piperidine rings is 1. The fourth-order valence-corrected chi connectivity index (χ4v) is 6.52. The molecule has 2 aromatic carbocycles. The quantitative estimate of drug-likeness (QED) is 0.198. The monoisotopic (exact) mass is 630 g/mol. The van der Waals surface area contributed by atoms with Crippen molar-refractivity contribution in [1.82, 2.24) is 4.90 Å². The number of ether oxygens (including phenoxy) is 1. The van der Waals surface area contributed by atoms with Gasteiger partial charge in [0.2, 0.25) is 10.0 Å². The number of primary sulfonamides is 1. The minimum absolute atomic E-state index is 0.0128. The molecule has 14 heteroatoms. The van der Waals surface area contributed by atoms with Crippen molar-refractivity contribution in [1.29, 1.82) is 0 Å². The van der Waals surface area contributed by atoms with Crippen molar-refractivity contribution in [3.8, 4) is 17.6 Å². The molecule has 0 bridgehead atoms. The normalized spacial score (nSPS) is 15.2. The summed E-state index contributed by atoms with van der Waals surface area (Å²) >= 11 is 1.17. The zero-order valence-electron chi connectivity index (χ0n) is 22.9. The number of nitrogens with one attached hydrogen (secondary N) is 2. The largest absolute Gasteiger partial charge is 0.433 e. The van der Waals surface area contributed by atoms with Crippen molar-refractivity contribution in [2.24, 2.45) is 5.14 Å². The highest BCUT2D eigenvalue weighted by molar-refractivity contribution is 7.89. The van der Waals surface area contributed by atoms with Gasteiger partial charge in [0.25, 0.3) is 0 Å². The Balaban J connectivity index is 1.58. The second kappa shape index (κ2) is 13.0. The Morgan fingerprint density at radius 2 is 1.86 bits per heavy atom. The average Bonchev–Trinajstić information content (AvgIpc) is 3.23. The van der Waals surface area contributed by atoms with Gasteiger partial charge in [0, 0.05) is 31.2 Å². The van der Waals surface area contributed by atoms with Crippen LogP contribution in [0.25, 0.3) is 10.1 Å². The van der Waals surface area contributed by atoms with E-state index < -0.39 is 39.9 Å². The van der Waals surface area contributed by atoms with E-state index in [4.69, 9.17) is 5.14 Å². The topological polar surface area (TPSA) is 96.7 Å². The van der Waals surface area contributed by atoms with Crippen LogP contribution in [0.15, 0.2) is 41.3 Å². The number of benzene rings is 2. The van der Waals surface area contributed by atoms with Gasteiger partial charge in [-0.05, 0) is 55.8 Å². The lowest BCUT2D eigenvalue weighted by molar-refractivity contribution is -0.126. The van der Waals surface area contributed by atoms with Crippen LogP contribution in [0.4, 0.5) is 33.3 Å². The number of anilines is 2. The molecule has 2 heterocycles. The number of nitrogens with zero attached hydrogens (tertiary/aromatic N) is 1.